The summed E-state index contributed by atoms with van der Waals surface area (Å²) in [6.45, 7) is 1.99. The Labute approximate surface area is 86.4 Å². The second-order valence-corrected chi connectivity index (χ2v) is 5.14. The molecule has 0 saturated carbocycles. The molecule has 0 fully saturated rings. The van der Waals surface area contributed by atoms with Gasteiger partial charge in [0, 0.05) is 0 Å². The van der Waals surface area contributed by atoms with E-state index in [-0.39, 0.29) is 6.61 Å². The van der Waals surface area contributed by atoms with Gasteiger partial charge in [0.2, 0.25) is 0 Å². The molecule has 0 radical (unpaired) electrons. The van der Waals surface area contributed by atoms with E-state index >= 15 is 0 Å². The van der Waals surface area contributed by atoms with Gasteiger partial charge in [0.1, 0.15) is 0 Å². The zero-order valence-corrected chi connectivity index (χ0v) is 9.72. The van der Waals surface area contributed by atoms with E-state index < -0.39 is 16.2 Å². The van der Waals surface area contributed by atoms with Crippen molar-refractivity contribution in [1.29, 1.82) is 0 Å². The van der Waals surface area contributed by atoms with Gasteiger partial charge in [0.25, 0.3) is 10.1 Å². The van der Waals surface area contributed by atoms with E-state index in [0.29, 0.717) is 6.42 Å². The number of hydrogen-bond donors (Lipinski definition) is 1. The molecule has 1 unspecified atom stereocenters. The van der Waals surface area contributed by atoms with Crippen LogP contribution in [0.4, 0.5) is 0 Å². The molecule has 14 heavy (non-hydrogen) atoms. The van der Waals surface area contributed by atoms with Gasteiger partial charge >= 0.3 is 0 Å². The van der Waals surface area contributed by atoms with Crippen LogP contribution in [0, 0.1) is 0 Å². The van der Waals surface area contributed by atoms with E-state index in [9.17, 15) is 13.5 Å². The minimum atomic E-state index is -3.41. The second-order valence-electron chi connectivity index (χ2n) is 3.49. The summed E-state index contributed by atoms with van der Waals surface area (Å²) in [4.78, 5) is 0. The van der Waals surface area contributed by atoms with Gasteiger partial charge in [0.05, 0.1) is 19.0 Å². The second kappa shape index (κ2) is 7.20. The van der Waals surface area contributed by atoms with Crippen molar-refractivity contribution < 1.29 is 17.7 Å². The van der Waals surface area contributed by atoms with E-state index in [4.69, 9.17) is 0 Å². The molecule has 0 aromatic carbocycles. The van der Waals surface area contributed by atoms with Gasteiger partial charge in [-0.2, -0.15) is 8.42 Å². The molecule has 4 nitrogen and oxygen atoms in total. The molecule has 0 amide bonds. The smallest absolute Gasteiger partial charge is 0.264 e. The Morgan fingerprint density at radius 1 is 1.29 bits per heavy atom. The van der Waals surface area contributed by atoms with Crippen molar-refractivity contribution in [3.8, 4) is 0 Å². The van der Waals surface area contributed by atoms with Crippen LogP contribution in [0.25, 0.3) is 0 Å². The fourth-order valence-corrected chi connectivity index (χ4v) is 1.50. The molecule has 1 atom stereocenters. The summed E-state index contributed by atoms with van der Waals surface area (Å²) in [5.74, 6) is 0. The van der Waals surface area contributed by atoms with Crippen LogP contribution in [0.1, 0.15) is 39.0 Å². The largest absolute Gasteiger partial charge is 0.391 e. The topological polar surface area (TPSA) is 63.6 Å². The summed E-state index contributed by atoms with van der Waals surface area (Å²) >= 11 is 0. The first-order valence-corrected chi connectivity index (χ1v) is 6.80. The summed E-state index contributed by atoms with van der Waals surface area (Å²) in [6, 6.07) is 0. The molecule has 0 heterocycles. The van der Waals surface area contributed by atoms with Gasteiger partial charge < -0.3 is 5.11 Å². The monoisotopic (exact) mass is 224 g/mol. The van der Waals surface area contributed by atoms with Crippen LogP contribution in [0.3, 0.4) is 0 Å². The Hall–Kier alpha value is -0.130. The van der Waals surface area contributed by atoms with Crippen LogP contribution in [0.2, 0.25) is 0 Å². The van der Waals surface area contributed by atoms with Crippen LogP contribution < -0.4 is 0 Å². The van der Waals surface area contributed by atoms with E-state index in [1.165, 1.54) is 0 Å². The molecule has 5 heteroatoms. The first-order chi connectivity index (χ1) is 6.45. The number of rotatable bonds is 8. The first-order valence-electron chi connectivity index (χ1n) is 4.98. The summed E-state index contributed by atoms with van der Waals surface area (Å²) in [7, 11) is -3.41. The molecule has 0 rings (SSSR count). The lowest BCUT2D eigenvalue weighted by Crippen LogP contribution is -2.17. The average molecular weight is 224 g/mol. The third-order valence-corrected chi connectivity index (χ3v) is 2.43. The summed E-state index contributed by atoms with van der Waals surface area (Å²) in [5.41, 5.74) is 0. The lowest BCUT2D eigenvalue weighted by Gasteiger charge is -2.09. The van der Waals surface area contributed by atoms with Crippen molar-refractivity contribution in [3.05, 3.63) is 0 Å². The van der Waals surface area contributed by atoms with Crippen molar-refractivity contribution in [2.45, 2.75) is 45.1 Å². The summed E-state index contributed by atoms with van der Waals surface area (Å²) < 4.78 is 25.6. The molecule has 0 aliphatic carbocycles. The van der Waals surface area contributed by atoms with Crippen LogP contribution in [-0.4, -0.2) is 32.5 Å². The van der Waals surface area contributed by atoms with Crippen LogP contribution in [0.5, 0.6) is 0 Å². The highest BCUT2D eigenvalue weighted by molar-refractivity contribution is 7.85. The third-order valence-electron chi connectivity index (χ3n) is 1.87. The minimum absolute atomic E-state index is 0.120. The van der Waals surface area contributed by atoms with E-state index in [1.807, 2.05) is 0 Å². The van der Waals surface area contributed by atoms with E-state index in [1.54, 1.807) is 0 Å². The Kier molecular flexibility index (Phi) is 7.13. The molecule has 0 aromatic heterocycles. The first kappa shape index (κ1) is 13.9. The Bertz CT molecular complexity index is 223. The Balaban J connectivity index is 3.42. The van der Waals surface area contributed by atoms with Crippen molar-refractivity contribution in [3.63, 3.8) is 0 Å². The highest BCUT2D eigenvalue weighted by atomic mass is 32.2. The van der Waals surface area contributed by atoms with Gasteiger partial charge in [-0.25, -0.2) is 0 Å². The minimum Gasteiger partial charge on any atom is -0.391 e. The quantitative estimate of drug-likeness (QED) is 0.498. The standard InChI is InChI=1S/C9H20O4S/c1-3-4-5-6-7-9(10)8-13-14(2,11)12/h9-10H,3-8H2,1-2H3. The molecule has 0 spiro atoms. The summed E-state index contributed by atoms with van der Waals surface area (Å²) in [6.07, 6.45) is 5.22. The van der Waals surface area contributed by atoms with Crippen LogP contribution >= 0.6 is 0 Å². The number of unbranched alkanes of at least 4 members (excludes halogenated alkanes) is 3. The maximum atomic E-state index is 10.6. The number of aliphatic hydroxyl groups excluding tert-OH is 1. The molecule has 0 aliphatic heterocycles. The number of aliphatic hydroxyl groups is 1. The molecule has 86 valence electrons. The van der Waals surface area contributed by atoms with Crippen molar-refractivity contribution >= 4 is 10.1 Å². The van der Waals surface area contributed by atoms with Crippen molar-refractivity contribution in [2.75, 3.05) is 12.9 Å². The molecule has 0 bridgehead atoms. The lowest BCUT2D eigenvalue weighted by atomic mass is 10.1. The maximum Gasteiger partial charge on any atom is 0.264 e. The summed E-state index contributed by atoms with van der Waals surface area (Å²) in [5, 5.41) is 9.32. The van der Waals surface area contributed by atoms with Gasteiger partial charge in [-0.05, 0) is 6.42 Å². The van der Waals surface area contributed by atoms with E-state index in [0.717, 1.165) is 31.9 Å². The molecule has 0 aromatic rings. The fourth-order valence-electron chi connectivity index (χ4n) is 1.09. The third kappa shape index (κ3) is 9.95. The van der Waals surface area contributed by atoms with Crippen molar-refractivity contribution in [1.82, 2.24) is 0 Å². The number of hydrogen-bond acceptors (Lipinski definition) is 4. The predicted octanol–water partition coefficient (Wildman–Crippen LogP) is 1.29. The highest BCUT2D eigenvalue weighted by Gasteiger charge is 2.08. The van der Waals surface area contributed by atoms with E-state index in [2.05, 4.69) is 11.1 Å². The zero-order valence-electron chi connectivity index (χ0n) is 8.90. The van der Waals surface area contributed by atoms with Gasteiger partial charge in [-0.15, -0.1) is 0 Å². The SMILES string of the molecule is CCCCCCC(O)COS(C)(=O)=O. The lowest BCUT2D eigenvalue weighted by molar-refractivity contribution is 0.101. The fraction of sp³-hybridized carbons (Fsp3) is 1.00. The van der Waals surface area contributed by atoms with Gasteiger partial charge in [-0.3, -0.25) is 4.18 Å². The molecule has 1 N–H and O–H groups in total. The van der Waals surface area contributed by atoms with Gasteiger partial charge in [-0.1, -0.05) is 32.6 Å². The highest BCUT2D eigenvalue weighted by Crippen LogP contribution is 2.06. The molecule has 0 saturated heterocycles. The van der Waals surface area contributed by atoms with Crippen LogP contribution in [-0.2, 0) is 14.3 Å². The molecular weight excluding hydrogens is 204 g/mol. The predicted molar refractivity (Wildman–Crippen MR) is 55.6 cm³/mol. The Morgan fingerprint density at radius 2 is 1.93 bits per heavy atom. The Morgan fingerprint density at radius 3 is 2.43 bits per heavy atom. The van der Waals surface area contributed by atoms with Gasteiger partial charge in [0.15, 0.2) is 0 Å². The van der Waals surface area contributed by atoms with Crippen molar-refractivity contribution in [2.24, 2.45) is 0 Å². The normalized spacial score (nSPS) is 14.2. The zero-order chi connectivity index (χ0) is 11.0. The molecular formula is C9H20O4S. The van der Waals surface area contributed by atoms with Crippen LogP contribution in [0.15, 0.2) is 0 Å². The maximum absolute atomic E-state index is 10.6. The molecule has 0 aliphatic rings. The average Bonchev–Trinajstić information content (AvgIpc) is 2.08.